The number of carbonyl (C=O) groups is 2. The Bertz CT molecular complexity index is 1370. The Morgan fingerprint density at radius 1 is 1.00 bits per heavy atom. The highest BCUT2D eigenvalue weighted by molar-refractivity contribution is 7.92. The van der Waals surface area contributed by atoms with Gasteiger partial charge in [0.05, 0.1) is 22.8 Å². The molecule has 36 heavy (non-hydrogen) atoms. The van der Waals surface area contributed by atoms with Crippen LogP contribution in [0, 0.1) is 6.92 Å². The average Bonchev–Trinajstić information content (AvgIpc) is 3.20. The molecule has 0 fully saturated rings. The molecule has 0 bridgehead atoms. The fourth-order valence-corrected chi connectivity index (χ4v) is 5.91. The van der Waals surface area contributed by atoms with Crippen LogP contribution < -0.4 is 9.62 Å². The number of ether oxygens (including phenoxy) is 1. The predicted octanol–water partition coefficient (Wildman–Crippen LogP) is 5.34. The third-order valence-electron chi connectivity index (χ3n) is 6.18. The Morgan fingerprint density at radius 2 is 1.67 bits per heavy atom. The molecule has 188 valence electrons. The first-order valence-electron chi connectivity index (χ1n) is 12.0. The van der Waals surface area contributed by atoms with E-state index in [1.165, 1.54) is 4.31 Å². The maximum atomic E-state index is 13.3. The fourth-order valence-electron chi connectivity index (χ4n) is 4.22. The number of aryl methyl sites for hydroxylation is 1. The molecule has 7 nitrogen and oxygen atoms in total. The smallest absolute Gasteiger partial charge is 0.338 e. The minimum Gasteiger partial charge on any atom is -0.462 e. The predicted molar refractivity (Wildman–Crippen MR) is 140 cm³/mol. The molecule has 1 aliphatic rings. The number of hydrogen-bond donors (Lipinski definition) is 1. The quantitative estimate of drug-likeness (QED) is 0.329. The molecule has 0 aliphatic carbocycles. The lowest BCUT2D eigenvalue weighted by molar-refractivity contribution is 0.0499. The highest BCUT2D eigenvalue weighted by Crippen LogP contribution is 2.37. The van der Waals surface area contributed by atoms with Gasteiger partial charge in [-0.05, 0) is 86.8 Å². The molecule has 0 unspecified atom stereocenters. The van der Waals surface area contributed by atoms with Crippen molar-refractivity contribution in [2.24, 2.45) is 0 Å². The monoisotopic (exact) mass is 506 g/mol. The topological polar surface area (TPSA) is 92.8 Å². The zero-order chi connectivity index (χ0) is 25.9. The summed E-state index contributed by atoms with van der Waals surface area (Å²) < 4.78 is 33.3. The van der Waals surface area contributed by atoms with Gasteiger partial charge in [-0.25, -0.2) is 13.2 Å². The van der Waals surface area contributed by atoms with E-state index in [4.69, 9.17) is 4.74 Å². The zero-order valence-corrected chi connectivity index (χ0v) is 21.5. The minimum atomic E-state index is -3.72. The van der Waals surface area contributed by atoms with Crippen LogP contribution in [0.2, 0.25) is 0 Å². The molecule has 1 heterocycles. The van der Waals surface area contributed by atoms with Crippen LogP contribution >= 0.6 is 0 Å². The third kappa shape index (κ3) is 5.28. The van der Waals surface area contributed by atoms with Gasteiger partial charge >= 0.3 is 5.97 Å². The first-order chi connectivity index (χ1) is 17.2. The summed E-state index contributed by atoms with van der Waals surface area (Å²) in [4.78, 5) is 25.2. The molecule has 0 spiro atoms. The summed E-state index contributed by atoms with van der Waals surface area (Å²) in [5.74, 6) is -0.706. The second-order valence-electron chi connectivity index (χ2n) is 9.03. The van der Waals surface area contributed by atoms with Gasteiger partial charge in [-0.3, -0.25) is 9.10 Å². The Hall–Kier alpha value is -3.65. The average molecular weight is 507 g/mol. The molecule has 1 aliphatic heterocycles. The first kappa shape index (κ1) is 25.4. The van der Waals surface area contributed by atoms with Crippen molar-refractivity contribution in [2.45, 2.75) is 51.0 Å². The van der Waals surface area contributed by atoms with E-state index in [9.17, 15) is 18.0 Å². The van der Waals surface area contributed by atoms with Crippen LogP contribution in [-0.4, -0.2) is 32.9 Å². The largest absolute Gasteiger partial charge is 0.462 e. The molecule has 8 heteroatoms. The maximum absolute atomic E-state index is 13.3. The summed E-state index contributed by atoms with van der Waals surface area (Å²) in [6.45, 7) is 6.18. The molecule has 0 saturated carbocycles. The normalized spacial score (nSPS) is 14.9. The first-order valence-corrected chi connectivity index (χ1v) is 13.5. The Kier molecular flexibility index (Phi) is 7.45. The summed E-state index contributed by atoms with van der Waals surface area (Å²) in [5, 5.41) is 2.83. The fraction of sp³-hybridized carbons (Fsp3) is 0.286. The number of hydrogen-bond acceptors (Lipinski definition) is 5. The molecule has 0 saturated heterocycles. The van der Waals surface area contributed by atoms with E-state index in [0.717, 1.165) is 24.0 Å². The van der Waals surface area contributed by atoms with E-state index in [1.54, 1.807) is 66.7 Å². The van der Waals surface area contributed by atoms with E-state index in [2.05, 4.69) is 5.32 Å². The molecular formula is C28H30N2O5S. The van der Waals surface area contributed by atoms with Crippen molar-refractivity contribution in [3.05, 3.63) is 89.0 Å². The summed E-state index contributed by atoms with van der Waals surface area (Å²) in [7, 11) is -3.72. The second kappa shape index (κ2) is 10.5. The van der Waals surface area contributed by atoms with Gasteiger partial charge in [0.25, 0.3) is 15.9 Å². The van der Waals surface area contributed by atoms with Crippen LogP contribution in [0.4, 0.5) is 11.4 Å². The molecule has 3 aromatic rings. The van der Waals surface area contributed by atoms with E-state index < -0.39 is 10.0 Å². The van der Waals surface area contributed by atoms with Gasteiger partial charge in [0.15, 0.2) is 0 Å². The van der Waals surface area contributed by atoms with Gasteiger partial charge in [-0.2, -0.15) is 0 Å². The SMILES string of the molecule is CCCCOC(=O)c1ccc(NC(=O)c2ccc3c(c2)C[C@H](C)N3S(=O)(=O)c2ccc(C)cc2)cc1. The van der Waals surface area contributed by atoms with Crippen LogP contribution in [0.25, 0.3) is 0 Å². The number of nitrogens with zero attached hydrogens (tertiary/aromatic N) is 1. The number of nitrogens with one attached hydrogen (secondary N) is 1. The molecule has 1 atom stereocenters. The number of carbonyl (C=O) groups excluding carboxylic acids is 2. The van der Waals surface area contributed by atoms with E-state index >= 15 is 0 Å². The summed E-state index contributed by atoms with van der Waals surface area (Å²) in [6.07, 6.45) is 2.27. The second-order valence-corrected chi connectivity index (χ2v) is 10.8. The molecule has 3 aromatic carbocycles. The van der Waals surface area contributed by atoms with E-state index in [0.29, 0.717) is 35.5 Å². The van der Waals surface area contributed by atoms with Crippen molar-refractivity contribution in [3.8, 4) is 0 Å². The van der Waals surface area contributed by atoms with Gasteiger partial charge < -0.3 is 10.1 Å². The maximum Gasteiger partial charge on any atom is 0.338 e. The van der Waals surface area contributed by atoms with Crippen LogP contribution in [0.5, 0.6) is 0 Å². The van der Waals surface area contributed by atoms with Crippen LogP contribution in [-0.2, 0) is 21.2 Å². The van der Waals surface area contributed by atoms with Gasteiger partial charge in [-0.15, -0.1) is 0 Å². The van der Waals surface area contributed by atoms with Gasteiger partial charge in [-0.1, -0.05) is 31.0 Å². The van der Waals surface area contributed by atoms with Crippen molar-refractivity contribution in [1.29, 1.82) is 0 Å². The van der Waals surface area contributed by atoms with Crippen molar-refractivity contribution >= 4 is 33.3 Å². The van der Waals surface area contributed by atoms with E-state index in [-0.39, 0.29) is 22.8 Å². The number of amides is 1. The molecule has 1 N–H and O–H groups in total. The van der Waals surface area contributed by atoms with Crippen molar-refractivity contribution in [2.75, 3.05) is 16.2 Å². The molecule has 0 radical (unpaired) electrons. The van der Waals surface area contributed by atoms with Crippen molar-refractivity contribution in [1.82, 2.24) is 0 Å². The summed E-state index contributed by atoms with van der Waals surface area (Å²) in [6, 6.07) is 18.1. The number of anilines is 2. The lowest BCUT2D eigenvalue weighted by atomic mass is 10.1. The van der Waals surface area contributed by atoms with Crippen LogP contribution in [0.3, 0.4) is 0 Å². The molecule has 0 aromatic heterocycles. The minimum absolute atomic E-state index is 0.243. The van der Waals surface area contributed by atoms with Crippen molar-refractivity contribution in [3.63, 3.8) is 0 Å². The number of fused-ring (bicyclic) bond motifs is 1. The standard InChI is InChI=1S/C28H30N2O5S/c1-4-5-16-35-28(32)21-8-11-24(12-9-21)29-27(31)22-10-15-26-23(18-22)17-20(3)30(26)36(33,34)25-13-6-19(2)7-14-25/h6-15,18,20H,4-5,16-17H2,1-3H3,(H,29,31)/t20-/m0/s1. The van der Waals surface area contributed by atoms with Gasteiger partial charge in [0.1, 0.15) is 0 Å². The molecule has 4 rings (SSSR count). The number of esters is 1. The Balaban J connectivity index is 1.48. The van der Waals surface area contributed by atoms with Crippen LogP contribution in [0.1, 0.15) is 58.5 Å². The number of sulfonamides is 1. The van der Waals surface area contributed by atoms with Gasteiger partial charge in [0, 0.05) is 17.3 Å². The number of benzene rings is 3. The highest BCUT2D eigenvalue weighted by Gasteiger charge is 2.36. The number of rotatable bonds is 8. The Morgan fingerprint density at radius 3 is 2.33 bits per heavy atom. The Labute approximate surface area is 212 Å². The van der Waals surface area contributed by atoms with Crippen molar-refractivity contribution < 1.29 is 22.7 Å². The molecular weight excluding hydrogens is 476 g/mol. The van der Waals surface area contributed by atoms with Gasteiger partial charge in [0.2, 0.25) is 0 Å². The van der Waals surface area contributed by atoms with Crippen LogP contribution in [0.15, 0.2) is 71.6 Å². The summed E-state index contributed by atoms with van der Waals surface area (Å²) in [5.41, 5.74) is 3.77. The molecule has 1 amide bonds. The lowest BCUT2D eigenvalue weighted by Crippen LogP contribution is -2.35. The zero-order valence-electron chi connectivity index (χ0n) is 20.7. The number of unbranched alkanes of at least 4 members (excludes halogenated alkanes) is 1. The third-order valence-corrected chi connectivity index (χ3v) is 8.12. The van der Waals surface area contributed by atoms with E-state index in [1.807, 2.05) is 20.8 Å². The lowest BCUT2D eigenvalue weighted by Gasteiger charge is -2.24. The summed E-state index contributed by atoms with van der Waals surface area (Å²) >= 11 is 0. The highest BCUT2D eigenvalue weighted by atomic mass is 32.2.